The monoisotopic (exact) mass is 696 g/mol. The number of methoxy groups -OCH3 is 1. The average molecular weight is 697 g/mol. The number of unbranched alkanes of at least 4 members (excludes halogenated alkanes) is 1. The van der Waals surface area contributed by atoms with Crippen LogP contribution in [-0.4, -0.2) is 86.7 Å². The van der Waals surface area contributed by atoms with Gasteiger partial charge in [-0.1, -0.05) is 86.1 Å². The van der Waals surface area contributed by atoms with Gasteiger partial charge in [-0.25, -0.2) is 14.8 Å². The first-order chi connectivity index (χ1) is 24.5. The second kappa shape index (κ2) is 18.6. The van der Waals surface area contributed by atoms with E-state index in [1.807, 2.05) is 66.4 Å². The summed E-state index contributed by atoms with van der Waals surface area (Å²) in [5.41, 5.74) is 11.3. The van der Waals surface area contributed by atoms with Crippen molar-refractivity contribution in [2.24, 2.45) is 0 Å². The molecule has 0 aliphatic heterocycles. The van der Waals surface area contributed by atoms with E-state index in [4.69, 9.17) is 25.7 Å². The topological polar surface area (TPSA) is 164 Å². The number of esters is 1. The molecule has 0 fully saturated rings. The van der Waals surface area contributed by atoms with Crippen LogP contribution in [0.5, 0.6) is 0 Å². The molecule has 0 saturated heterocycles. The third kappa shape index (κ3) is 10.6. The van der Waals surface area contributed by atoms with Gasteiger partial charge in [-0.2, -0.15) is 0 Å². The lowest BCUT2D eigenvalue weighted by Gasteiger charge is -2.25. The fourth-order valence-electron chi connectivity index (χ4n) is 5.75. The lowest BCUT2D eigenvalue weighted by Crippen LogP contribution is -2.38. The highest BCUT2D eigenvalue weighted by molar-refractivity contribution is 6.06. The minimum absolute atomic E-state index is 0.0734. The summed E-state index contributed by atoms with van der Waals surface area (Å²) in [5, 5.41) is 18.4. The Balaban J connectivity index is 0.000000452. The van der Waals surface area contributed by atoms with E-state index in [0.29, 0.717) is 37.6 Å². The van der Waals surface area contributed by atoms with Gasteiger partial charge < -0.3 is 35.1 Å². The number of rotatable bonds is 15. The van der Waals surface area contributed by atoms with E-state index in [2.05, 4.69) is 22.5 Å². The van der Waals surface area contributed by atoms with Gasteiger partial charge in [0.1, 0.15) is 11.3 Å². The molecule has 0 bridgehead atoms. The molecule has 1 unspecified atom stereocenters. The van der Waals surface area contributed by atoms with Crippen molar-refractivity contribution >= 4 is 45.6 Å². The number of carbonyl (C=O) groups excluding carboxylic acids is 2. The third-order valence-electron chi connectivity index (χ3n) is 8.38. The molecule has 2 aromatic heterocycles. The zero-order valence-corrected chi connectivity index (χ0v) is 29.8. The maximum absolute atomic E-state index is 13.2. The number of likely N-dealkylation sites (N-methyl/N-ethyl adjacent to an activating group) is 1. The molecule has 3 aromatic carbocycles. The predicted octanol–water partition coefficient (Wildman–Crippen LogP) is 5.01. The first kappa shape index (κ1) is 38.5. The van der Waals surface area contributed by atoms with Gasteiger partial charge in [0.2, 0.25) is 5.91 Å². The molecule has 51 heavy (non-hydrogen) atoms. The predicted molar refractivity (Wildman–Crippen MR) is 198 cm³/mol. The molecule has 0 aliphatic rings. The van der Waals surface area contributed by atoms with E-state index < -0.39 is 12.1 Å². The number of nitrogens with two attached hydrogens (primary N) is 1. The number of hydrogen-bond acceptors (Lipinski definition) is 9. The van der Waals surface area contributed by atoms with E-state index in [1.165, 1.54) is 7.11 Å². The maximum Gasteiger partial charge on any atom is 0.337 e. The van der Waals surface area contributed by atoms with Crippen molar-refractivity contribution in [1.82, 2.24) is 24.3 Å². The molecular formula is C39H48N6O6. The number of pyridine rings is 1. The number of aliphatic hydroxyl groups is 1. The summed E-state index contributed by atoms with van der Waals surface area (Å²) in [6.07, 6.45) is 2.56. The number of aromatic nitrogens is 3. The Morgan fingerprint density at radius 2 is 1.59 bits per heavy atom. The molecule has 5 rings (SSSR count). The number of hydrogen-bond donors (Lipinski definition) is 3. The zero-order valence-electron chi connectivity index (χ0n) is 29.8. The highest BCUT2D eigenvalue weighted by Crippen LogP contribution is 2.29. The number of carbonyl (C=O) groups is 3. The van der Waals surface area contributed by atoms with Crippen LogP contribution in [0, 0.1) is 0 Å². The van der Waals surface area contributed by atoms with E-state index in [1.54, 1.807) is 30.3 Å². The van der Waals surface area contributed by atoms with Crippen LogP contribution in [0.2, 0.25) is 0 Å². The average Bonchev–Trinajstić information content (AvgIpc) is 3.50. The van der Waals surface area contributed by atoms with Crippen LogP contribution in [-0.2, 0) is 45.1 Å². The molecule has 270 valence electrons. The van der Waals surface area contributed by atoms with E-state index in [-0.39, 0.29) is 18.3 Å². The molecule has 4 N–H and O–H groups in total. The molecule has 1 amide bonds. The summed E-state index contributed by atoms with van der Waals surface area (Å²) in [4.78, 5) is 48.4. The van der Waals surface area contributed by atoms with Gasteiger partial charge in [-0.15, -0.1) is 0 Å². The number of carboxylic acid groups (broad SMARTS) is 1. The molecular weight excluding hydrogens is 648 g/mol. The van der Waals surface area contributed by atoms with Crippen molar-refractivity contribution in [1.29, 1.82) is 0 Å². The van der Waals surface area contributed by atoms with Crippen LogP contribution in [0.1, 0.15) is 54.8 Å². The molecule has 12 nitrogen and oxygen atoms in total. The second-order valence-corrected chi connectivity index (χ2v) is 12.6. The van der Waals surface area contributed by atoms with Gasteiger partial charge in [0.15, 0.2) is 11.9 Å². The molecule has 5 aromatic rings. The van der Waals surface area contributed by atoms with Crippen LogP contribution in [0.15, 0.2) is 78.9 Å². The minimum atomic E-state index is -1.41. The smallest absolute Gasteiger partial charge is 0.337 e. The van der Waals surface area contributed by atoms with Crippen molar-refractivity contribution in [3.8, 4) is 0 Å². The number of para-hydroxylation sites is 1. The molecule has 2 heterocycles. The van der Waals surface area contributed by atoms with Crippen molar-refractivity contribution < 1.29 is 29.3 Å². The Bertz CT molecular complexity index is 1910. The first-order valence-corrected chi connectivity index (χ1v) is 17.1. The van der Waals surface area contributed by atoms with Gasteiger partial charge in [-0.05, 0) is 49.7 Å². The van der Waals surface area contributed by atoms with Crippen molar-refractivity contribution in [2.45, 2.75) is 58.2 Å². The largest absolute Gasteiger partial charge is 0.479 e. The fraction of sp³-hybridized carbons (Fsp3) is 0.359. The van der Waals surface area contributed by atoms with Crippen LogP contribution in [0.25, 0.3) is 21.9 Å². The first-order valence-electron chi connectivity index (χ1n) is 17.1. The number of aliphatic carboxylic acids is 1. The van der Waals surface area contributed by atoms with Crippen LogP contribution >= 0.6 is 0 Å². The molecule has 0 aliphatic carbocycles. The van der Waals surface area contributed by atoms with Crippen LogP contribution < -0.4 is 5.73 Å². The zero-order chi connectivity index (χ0) is 36.9. The number of anilines is 1. The number of amides is 1. The number of imidazole rings is 1. The van der Waals surface area contributed by atoms with Gasteiger partial charge in [0.25, 0.3) is 0 Å². The molecule has 0 saturated carbocycles. The van der Waals surface area contributed by atoms with Gasteiger partial charge >= 0.3 is 11.9 Å². The normalized spacial score (nSPS) is 11.6. The fourth-order valence-corrected chi connectivity index (χ4v) is 5.75. The lowest BCUT2D eigenvalue weighted by molar-refractivity contribution is -0.147. The molecule has 0 spiro atoms. The Morgan fingerprint density at radius 3 is 2.24 bits per heavy atom. The summed E-state index contributed by atoms with van der Waals surface area (Å²) in [5.74, 6) is 0.0318. The Morgan fingerprint density at radius 1 is 0.922 bits per heavy atom. The van der Waals surface area contributed by atoms with Crippen molar-refractivity contribution in [2.75, 3.05) is 40.0 Å². The summed E-state index contributed by atoms with van der Waals surface area (Å²) < 4.78 is 7.05. The van der Waals surface area contributed by atoms with Crippen molar-refractivity contribution in [3.05, 3.63) is 101 Å². The SMILES string of the molecule is CCCCc1nc2c(N)nc3ccccc3c2n1CCCN(Cc1ccc(CC(=O)OC)cc1)C(=O)CN(C)C.O=C(O)C(O)c1ccccc1. The van der Waals surface area contributed by atoms with E-state index in [9.17, 15) is 14.4 Å². The lowest BCUT2D eigenvalue weighted by atomic mass is 10.1. The molecule has 0 radical (unpaired) electrons. The number of fused-ring (bicyclic) bond motifs is 3. The second-order valence-electron chi connectivity index (χ2n) is 12.6. The summed E-state index contributed by atoms with van der Waals surface area (Å²) in [7, 11) is 5.19. The number of ether oxygens (including phenoxy) is 1. The van der Waals surface area contributed by atoms with Crippen molar-refractivity contribution in [3.63, 3.8) is 0 Å². The number of aliphatic hydroxyl groups excluding tert-OH is 1. The van der Waals surface area contributed by atoms with Crippen LogP contribution in [0.3, 0.4) is 0 Å². The molecule has 12 heteroatoms. The maximum atomic E-state index is 13.2. The minimum Gasteiger partial charge on any atom is -0.479 e. The van der Waals surface area contributed by atoms with E-state index >= 15 is 0 Å². The number of nitrogens with zero attached hydrogens (tertiary/aromatic N) is 5. The van der Waals surface area contributed by atoms with E-state index in [0.717, 1.165) is 64.6 Å². The highest BCUT2D eigenvalue weighted by atomic mass is 16.5. The Labute approximate surface area is 298 Å². The van der Waals surface area contributed by atoms with Gasteiger partial charge in [-0.3, -0.25) is 9.59 Å². The number of nitrogen functional groups attached to an aromatic ring is 1. The quantitative estimate of drug-likeness (QED) is 0.127. The van der Waals surface area contributed by atoms with Crippen LogP contribution in [0.4, 0.5) is 5.82 Å². The van der Waals surface area contributed by atoms with Gasteiger partial charge in [0.05, 0.1) is 31.1 Å². The summed E-state index contributed by atoms with van der Waals surface area (Å²) in [6.45, 7) is 4.32. The number of carboxylic acids is 1. The standard InChI is InChI=1S/C31H40N6O3.C8H8O3/c1-5-6-12-26-34-29-30(24-10-7-8-11-25(24)33-31(29)32)37(26)18-9-17-36(27(38)21-35(2)3)20-23-15-13-22(14-16-23)19-28(39)40-4;9-7(8(10)11)6-4-2-1-3-5-6/h7-8,10-11,13-16H,5-6,9,12,17-21H2,1-4H3,(H2,32,33);1-5,7,9H,(H,10,11). The molecule has 1 atom stereocenters. The van der Waals surface area contributed by atoms with Gasteiger partial charge in [0, 0.05) is 31.4 Å². The highest BCUT2D eigenvalue weighted by Gasteiger charge is 2.19. The Hall–Kier alpha value is -5.33. The Kier molecular flexibility index (Phi) is 14.0. The number of benzene rings is 3. The number of aryl methyl sites for hydroxylation is 2. The third-order valence-corrected chi connectivity index (χ3v) is 8.38. The summed E-state index contributed by atoms with van der Waals surface area (Å²) in [6, 6.07) is 24.1. The summed E-state index contributed by atoms with van der Waals surface area (Å²) >= 11 is 0.